The van der Waals surface area contributed by atoms with Gasteiger partial charge < -0.3 is 10.8 Å². The molecule has 0 atom stereocenters. The number of nitrogens with two attached hydrogens (primary N) is 1. The number of hydrogen-bond acceptors (Lipinski definition) is 3. The fourth-order valence-electron chi connectivity index (χ4n) is 2.21. The molecule has 1 aliphatic rings. The van der Waals surface area contributed by atoms with Crippen molar-refractivity contribution < 1.29 is 14.7 Å². The van der Waals surface area contributed by atoms with Crippen LogP contribution in [0.3, 0.4) is 0 Å². The van der Waals surface area contributed by atoms with E-state index in [0.717, 1.165) is 19.3 Å². The molecule has 0 radical (unpaired) electrons. The van der Waals surface area contributed by atoms with E-state index in [9.17, 15) is 14.7 Å². The SMILES string of the molecule is CC(C)(NC1(C(=O)O)CCCCC1)C(N)=O. The van der Waals surface area contributed by atoms with Gasteiger partial charge in [0.25, 0.3) is 0 Å². The highest BCUT2D eigenvalue weighted by atomic mass is 16.4. The van der Waals surface area contributed by atoms with E-state index in [-0.39, 0.29) is 0 Å². The Morgan fingerprint density at radius 1 is 1.25 bits per heavy atom. The van der Waals surface area contributed by atoms with Crippen LogP contribution in [0, 0.1) is 0 Å². The Kier molecular flexibility index (Phi) is 3.57. The standard InChI is InChI=1S/C11H20N2O3/c1-10(2,8(12)14)13-11(9(15)16)6-4-3-5-7-11/h13H,3-7H2,1-2H3,(H2,12,14)(H,15,16). The molecule has 0 unspecified atom stereocenters. The van der Waals surface area contributed by atoms with E-state index in [0.29, 0.717) is 12.8 Å². The molecule has 4 N–H and O–H groups in total. The molecule has 5 heteroatoms. The summed E-state index contributed by atoms with van der Waals surface area (Å²) < 4.78 is 0. The molecule has 0 saturated heterocycles. The molecule has 16 heavy (non-hydrogen) atoms. The molecule has 0 bridgehead atoms. The quantitative estimate of drug-likeness (QED) is 0.658. The van der Waals surface area contributed by atoms with Gasteiger partial charge in [-0.2, -0.15) is 0 Å². The maximum Gasteiger partial charge on any atom is 0.323 e. The predicted molar refractivity (Wildman–Crippen MR) is 59.9 cm³/mol. The molecule has 0 aromatic carbocycles. The number of carboxylic acids is 1. The topological polar surface area (TPSA) is 92.4 Å². The van der Waals surface area contributed by atoms with E-state index in [1.165, 1.54) is 0 Å². The Bertz CT molecular complexity index is 294. The maximum atomic E-state index is 11.4. The van der Waals surface area contributed by atoms with Crippen LogP contribution >= 0.6 is 0 Å². The Balaban J connectivity index is 2.87. The summed E-state index contributed by atoms with van der Waals surface area (Å²) in [5, 5.41) is 12.3. The predicted octanol–water partition coefficient (Wildman–Crippen LogP) is 0.627. The highest BCUT2D eigenvalue weighted by Crippen LogP contribution is 2.30. The van der Waals surface area contributed by atoms with Crippen LogP contribution in [-0.2, 0) is 9.59 Å². The zero-order chi connectivity index (χ0) is 12.4. The van der Waals surface area contributed by atoms with Gasteiger partial charge in [-0.1, -0.05) is 19.3 Å². The molecule has 0 aromatic rings. The third-order valence-electron chi connectivity index (χ3n) is 3.28. The smallest absolute Gasteiger partial charge is 0.323 e. The van der Waals surface area contributed by atoms with Gasteiger partial charge >= 0.3 is 5.97 Å². The summed E-state index contributed by atoms with van der Waals surface area (Å²) in [6, 6.07) is 0. The minimum Gasteiger partial charge on any atom is -0.480 e. The third kappa shape index (κ3) is 2.52. The first kappa shape index (κ1) is 13.0. The lowest BCUT2D eigenvalue weighted by atomic mass is 9.79. The van der Waals surface area contributed by atoms with Crippen molar-refractivity contribution in [3.05, 3.63) is 0 Å². The number of carboxylic acid groups (broad SMARTS) is 1. The lowest BCUT2D eigenvalue weighted by Crippen LogP contribution is -2.64. The van der Waals surface area contributed by atoms with Crippen LogP contribution in [0.25, 0.3) is 0 Å². The molecule has 1 amide bonds. The number of nitrogens with one attached hydrogen (secondary N) is 1. The Hall–Kier alpha value is -1.10. The van der Waals surface area contributed by atoms with E-state index in [1.54, 1.807) is 13.8 Å². The first-order chi connectivity index (χ1) is 7.30. The summed E-state index contributed by atoms with van der Waals surface area (Å²) >= 11 is 0. The summed E-state index contributed by atoms with van der Waals surface area (Å²) in [5.41, 5.74) is 3.27. The van der Waals surface area contributed by atoms with E-state index in [4.69, 9.17) is 5.73 Å². The van der Waals surface area contributed by atoms with Gasteiger partial charge in [-0.15, -0.1) is 0 Å². The number of rotatable bonds is 4. The number of primary amides is 1. The molecule has 0 heterocycles. The Morgan fingerprint density at radius 3 is 2.12 bits per heavy atom. The monoisotopic (exact) mass is 228 g/mol. The van der Waals surface area contributed by atoms with Crippen molar-refractivity contribution in [3.8, 4) is 0 Å². The van der Waals surface area contributed by atoms with E-state index >= 15 is 0 Å². The lowest BCUT2D eigenvalue weighted by molar-refractivity contribution is -0.148. The number of aliphatic carboxylic acids is 1. The van der Waals surface area contributed by atoms with Crippen LogP contribution in [-0.4, -0.2) is 28.1 Å². The molecule has 92 valence electrons. The summed E-state index contributed by atoms with van der Waals surface area (Å²) in [4.78, 5) is 22.6. The fraction of sp³-hybridized carbons (Fsp3) is 0.818. The van der Waals surface area contributed by atoms with Crippen molar-refractivity contribution in [1.82, 2.24) is 5.32 Å². The van der Waals surface area contributed by atoms with Crippen LogP contribution < -0.4 is 11.1 Å². The number of hydrogen-bond donors (Lipinski definition) is 3. The number of amides is 1. The molecule has 1 saturated carbocycles. The zero-order valence-electron chi connectivity index (χ0n) is 9.88. The van der Waals surface area contributed by atoms with Gasteiger partial charge in [-0.05, 0) is 26.7 Å². The minimum absolute atomic E-state index is 0.529. The van der Waals surface area contributed by atoms with Crippen molar-refractivity contribution in [1.29, 1.82) is 0 Å². The summed E-state index contributed by atoms with van der Waals surface area (Å²) in [7, 11) is 0. The van der Waals surface area contributed by atoms with Crippen LogP contribution in [0.4, 0.5) is 0 Å². The second-order valence-corrected chi connectivity index (χ2v) is 5.06. The van der Waals surface area contributed by atoms with Gasteiger partial charge in [0.05, 0.1) is 5.54 Å². The van der Waals surface area contributed by atoms with Crippen molar-refractivity contribution in [2.45, 2.75) is 57.0 Å². The highest BCUT2D eigenvalue weighted by Gasteiger charge is 2.44. The van der Waals surface area contributed by atoms with Gasteiger partial charge in [-0.3, -0.25) is 14.9 Å². The molecule has 1 rings (SSSR count). The normalized spacial score (nSPS) is 20.4. The van der Waals surface area contributed by atoms with E-state index < -0.39 is 23.0 Å². The van der Waals surface area contributed by atoms with Gasteiger partial charge in [0.1, 0.15) is 5.54 Å². The summed E-state index contributed by atoms with van der Waals surface area (Å²) in [5.74, 6) is -1.42. The van der Waals surface area contributed by atoms with Gasteiger partial charge in [0.15, 0.2) is 0 Å². The van der Waals surface area contributed by atoms with Gasteiger partial charge in [0.2, 0.25) is 5.91 Å². The molecule has 5 nitrogen and oxygen atoms in total. The van der Waals surface area contributed by atoms with Crippen molar-refractivity contribution >= 4 is 11.9 Å². The van der Waals surface area contributed by atoms with Crippen LogP contribution in [0.15, 0.2) is 0 Å². The fourth-order valence-corrected chi connectivity index (χ4v) is 2.21. The third-order valence-corrected chi connectivity index (χ3v) is 3.28. The number of carbonyl (C=O) groups excluding carboxylic acids is 1. The second kappa shape index (κ2) is 4.41. The molecule has 1 aliphatic carbocycles. The maximum absolute atomic E-state index is 11.4. The first-order valence-corrected chi connectivity index (χ1v) is 5.63. The van der Waals surface area contributed by atoms with Gasteiger partial charge in [0, 0.05) is 0 Å². The highest BCUT2D eigenvalue weighted by molar-refractivity contribution is 5.86. The molecule has 0 spiro atoms. The average Bonchev–Trinajstić information content (AvgIpc) is 2.18. The molecule has 1 fully saturated rings. The molecule has 0 aromatic heterocycles. The first-order valence-electron chi connectivity index (χ1n) is 5.63. The number of carbonyl (C=O) groups is 2. The van der Waals surface area contributed by atoms with Crippen LogP contribution in [0.2, 0.25) is 0 Å². The zero-order valence-corrected chi connectivity index (χ0v) is 9.88. The van der Waals surface area contributed by atoms with Crippen LogP contribution in [0.1, 0.15) is 46.0 Å². The Labute approximate surface area is 95.4 Å². The van der Waals surface area contributed by atoms with Crippen molar-refractivity contribution in [2.24, 2.45) is 5.73 Å². The van der Waals surface area contributed by atoms with E-state index in [1.807, 2.05) is 0 Å². The second-order valence-electron chi connectivity index (χ2n) is 5.06. The van der Waals surface area contributed by atoms with Crippen LogP contribution in [0.5, 0.6) is 0 Å². The largest absolute Gasteiger partial charge is 0.480 e. The van der Waals surface area contributed by atoms with Crippen molar-refractivity contribution in [2.75, 3.05) is 0 Å². The summed E-state index contributed by atoms with van der Waals surface area (Å²) in [6.07, 6.45) is 3.90. The van der Waals surface area contributed by atoms with Crippen molar-refractivity contribution in [3.63, 3.8) is 0 Å². The molecular weight excluding hydrogens is 208 g/mol. The molecular formula is C11H20N2O3. The average molecular weight is 228 g/mol. The molecule has 0 aliphatic heterocycles. The Morgan fingerprint density at radius 2 is 1.75 bits per heavy atom. The minimum atomic E-state index is -0.990. The van der Waals surface area contributed by atoms with E-state index in [2.05, 4.69) is 5.32 Å². The lowest BCUT2D eigenvalue weighted by Gasteiger charge is -2.39. The summed E-state index contributed by atoms with van der Waals surface area (Å²) in [6.45, 7) is 3.24. The van der Waals surface area contributed by atoms with Gasteiger partial charge in [-0.25, -0.2) is 0 Å².